The first-order valence-corrected chi connectivity index (χ1v) is 6.78. The lowest BCUT2D eigenvalue weighted by atomic mass is 10.3. The number of nitrogens with zero attached hydrogens (tertiary/aromatic N) is 2. The summed E-state index contributed by atoms with van der Waals surface area (Å²) >= 11 is 0. The van der Waals surface area contributed by atoms with Crippen molar-refractivity contribution in [1.82, 2.24) is 9.78 Å². The molecule has 1 aromatic carbocycles. The number of benzene rings is 1. The monoisotopic (exact) mass is 300 g/mol. The quantitative estimate of drug-likeness (QED) is 0.693. The largest absolute Gasteiger partial charge is 0.457 e. The Labute approximate surface area is 125 Å². The number of halogens is 1. The summed E-state index contributed by atoms with van der Waals surface area (Å²) in [4.78, 5) is 12.0. The van der Waals surface area contributed by atoms with Gasteiger partial charge in [-0.2, -0.15) is 5.10 Å². The predicted molar refractivity (Wildman–Crippen MR) is 76.6 cm³/mol. The Morgan fingerprint density at radius 1 is 1.32 bits per heavy atom. The summed E-state index contributed by atoms with van der Waals surface area (Å²) in [5.74, 6) is -0.728. The Morgan fingerprint density at radius 2 is 2.18 bits per heavy atom. The van der Waals surface area contributed by atoms with Crippen LogP contribution in [0.4, 0.5) is 4.39 Å². The SMILES string of the molecule is CCc1cc(OC(=O)c2ccco2)n(-c2cccc(F)c2)n1. The Morgan fingerprint density at radius 3 is 2.86 bits per heavy atom. The van der Waals surface area contributed by atoms with Crippen molar-refractivity contribution in [1.29, 1.82) is 0 Å². The number of carbonyl (C=O) groups is 1. The van der Waals surface area contributed by atoms with E-state index in [2.05, 4.69) is 5.10 Å². The zero-order valence-electron chi connectivity index (χ0n) is 11.8. The summed E-state index contributed by atoms with van der Waals surface area (Å²) in [5.41, 5.74) is 1.20. The third kappa shape index (κ3) is 2.76. The van der Waals surface area contributed by atoms with Crippen LogP contribution in [-0.4, -0.2) is 15.7 Å². The van der Waals surface area contributed by atoms with Crippen LogP contribution in [0.2, 0.25) is 0 Å². The van der Waals surface area contributed by atoms with E-state index in [1.54, 1.807) is 24.3 Å². The van der Waals surface area contributed by atoms with E-state index in [9.17, 15) is 9.18 Å². The van der Waals surface area contributed by atoms with Crippen molar-refractivity contribution in [2.45, 2.75) is 13.3 Å². The summed E-state index contributed by atoms with van der Waals surface area (Å²) in [5, 5.41) is 4.32. The topological polar surface area (TPSA) is 57.3 Å². The van der Waals surface area contributed by atoms with Gasteiger partial charge in [0.2, 0.25) is 11.6 Å². The van der Waals surface area contributed by atoms with Gasteiger partial charge >= 0.3 is 5.97 Å². The smallest absolute Gasteiger partial charge is 0.380 e. The first-order valence-electron chi connectivity index (χ1n) is 6.78. The fraction of sp³-hybridized carbons (Fsp3) is 0.125. The number of ether oxygens (including phenoxy) is 1. The lowest BCUT2D eigenvalue weighted by molar-refractivity contribution is 0.0689. The molecule has 5 nitrogen and oxygen atoms in total. The fourth-order valence-corrected chi connectivity index (χ4v) is 1.99. The van der Waals surface area contributed by atoms with E-state index >= 15 is 0 Å². The van der Waals surface area contributed by atoms with Crippen molar-refractivity contribution < 1.29 is 18.3 Å². The number of carbonyl (C=O) groups excluding carboxylic acids is 1. The highest BCUT2D eigenvalue weighted by Crippen LogP contribution is 2.21. The maximum absolute atomic E-state index is 13.4. The molecule has 112 valence electrons. The van der Waals surface area contributed by atoms with Crippen LogP contribution in [0.1, 0.15) is 23.2 Å². The minimum absolute atomic E-state index is 0.0880. The van der Waals surface area contributed by atoms with Crippen LogP contribution in [0.15, 0.2) is 53.1 Å². The lowest BCUT2D eigenvalue weighted by Crippen LogP contribution is -2.11. The first kappa shape index (κ1) is 14.1. The number of rotatable bonds is 4. The first-order chi connectivity index (χ1) is 10.7. The van der Waals surface area contributed by atoms with Crippen molar-refractivity contribution in [3.63, 3.8) is 0 Å². The second-order valence-electron chi connectivity index (χ2n) is 4.59. The van der Waals surface area contributed by atoms with Crippen molar-refractivity contribution in [3.05, 3.63) is 66.0 Å². The van der Waals surface area contributed by atoms with E-state index < -0.39 is 11.8 Å². The molecule has 2 aromatic heterocycles. The molecule has 3 rings (SSSR count). The molecule has 6 heteroatoms. The van der Waals surface area contributed by atoms with Gasteiger partial charge in [-0.05, 0) is 36.8 Å². The van der Waals surface area contributed by atoms with Crippen molar-refractivity contribution in [3.8, 4) is 11.6 Å². The summed E-state index contributed by atoms with van der Waals surface area (Å²) < 4.78 is 25.1. The van der Waals surface area contributed by atoms with Crippen molar-refractivity contribution in [2.75, 3.05) is 0 Å². The van der Waals surface area contributed by atoms with E-state index in [0.29, 0.717) is 12.1 Å². The lowest BCUT2D eigenvalue weighted by Gasteiger charge is -2.07. The Bertz CT molecular complexity index is 794. The highest BCUT2D eigenvalue weighted by Gasteiger charge is 2.17. The third-order valence-corrected chi connectivity index (χ3v) is 3.06. The molecule has 2 heterocycles. The minimum Gasteiger partial charge on any atom is -0.457 e. The van der Waals surface area contributed by atoms with E-state index in [1.807, 2.05) is 6.92 Å². The highest BCUT2D eigenvalue weighted by molar-refractivity contribution is 5.87. The molecule has 0 radical (unpaired) electrons. The van der Waals surface area contributed by atoms with Gasteiger partial charge in [0.1, 0.15) is 5.82 Å². The molecule has 0 aliphatic carbocycles. The molecule has 0 atom stereocenters. The van der Waals surface area contributed by atoms with Crippen LogP contribution in [-0.2, 0) is 6.42 Å². The standard InChI is InChI=1S/C16H13FN2O3/c1-2-12-10-15(22-16(20)14-7-4-8-21-14)19(18-12)13-6-3-5-11(17)9-13/h3-10H,2H2,1H3. The average Bonchev–Trinajstić information content (AvgIpc) is 3.16. The van der Waals surface area contributed by atoms with Gasteiger partial charge in [0.05, 0.1) is 17.6 Å². The van der Waals surface area contributed by atoms with Gasteiger partial charge in [0, 0.05) is 6.07 Å². The zero-order chi connectivity index (χ0) is 15.5. The number of aryl methyl sites for hydroxylation is 1. The number of aromatic nitrogens is 2. The van der Waals surface area contributed by atoms with Crippen LogP contribution in [0, 0.1) is 5.82 Å². The molecular weight excluding hydrogens is 287 g/mol. The Hall–Kier alpha value is -2.89. The fourth-order valence-electron chi connectivity index (χ4n) is 1.99. The van der Waals surface area contributed by atoms with E-state index in [4.69, 9.17) is 9.15 Å². The van der Waals surface area contributed by atoms with E-state index in [0.717, 1.165) is 5.69 Å². The molecule has 0 saturated heterocycles. The van der Waals surface area contributed by atoms with Gasteiger partial charge in [-0.3, -0.25) is 0 Å². The zero-order valence-corrected chi connectivity index (χ0v) is 11.8. The number of furan rings is 1. The molecule has 3 aromatic rings. The molecule has 0 amide bonds. The molecule has 0 fully saturated rings. The predicted octanol–water partition coefficient (Wildman–Crippen LogP) is 3.39. The second-order valence-corrected chi connectivity index (χ2v) is 4.59. The van der Waals surface area contributed by atoms with Crippen LogP contribution < -0.4 is 4.74 Å². The van der Waals surface area contributed by atoms with E-state index in [-0.39, 0.29) is 11.6 Å². The molecule has 0 unspecified atom stereocenters. The molecule has 0 aliphatic heterocycles. The molecule has 0 N–H and O–H groups in total. The van der Waals surface area contributed by atoms with Crippen LogP contribution >= 0.6 is 0 Å². The second kappa shape index (κ2) is 5.85. The number of hydrogen-bond donors (Lipinski definition) is 0. The van der Waals surface area contributed by atoms with Gasteiger partial charge < -0.3 is 9.15 Å². The number of hydrogen-bond acceptors (Lipinski definition) is 4. The maximum atomic E-state index is 13.4. The van der Waals surface area contributed by atoms with Gasteiger partial charge in [-0.25, -0.2) is 13.9 Å². The van der Waals surface area contributed by atoms with Crippen LogP contribution in [0.5, 0.6) is 5.88 Å². The van der Waals surface area contributed by atoms with E-state index in [1.165, 1.54) is 29.1 Å². The third-order valence-electron chi connectivity index (χ3n) is 3.06. The maximum Gasteiger partial charge on any atom is 0.380 e. The minimum atomic E-state index is -0.634. The van der Waals surface area contributed by atoms with Gasteiger partial charge in [0.25, 0.3) is 0 Å². The molecule has 0 spiro atoms. The summed E-state index contributed by atoms with van der Waals surface area (Å²) in [6.45, 7) is 1.93. The molecular formula is C16H13FN2O3. The van der Waals surface area contributed by atoms with Crippen molar-refractivity contribution >= 4 is 5.97 Å². The average molecular weight is 300 g/mol. The molecule has 0 aliphatic rings. The van der Waals surface area contributed by atoms with Crippen molar-refractivity contribution in [2.24, 2.45) is 0 Å². The van der Waals surface area contributed by atoms with Gasteiger partial charge in [-0.1, -0.05) is 13.0 Å². The Balaban J connectivity index is 1.97. The van der Waals surface area contributed by atoms with Gasteiger partial charge in [-0.15, -0.1) is 0 Å². The van der Waals surface area contributed by atoms with Gasteiger partial charge in [0.15, 0.2) is 0 Å². The summed E-state index contributed by atoms with van der Waals surface area (Å²) in [6.07, 6.45) is 2.05. The summed E-state index contributed by atoms with van der Waals surface area (Å²) in [6, 6.07) is 10.6. The molecule has 0 bridgehead atoms. The van der Waals surface area contributed by atoms with Crippen LogP contribution in [0.3, 0.4) is 0 Å². The summed E-state index contributed by atoms with van der Waals surface area (Å²) in [7, 11) is 0. The molecule has 22 heavy (non-hydrogen) atoms. The molecule has 0 saturated carbocycles. The van der Waals surface area contributed by atoms with Crippen LogP contribution in [0.25, 0.3) is 5.69 Å². The number of esters is 1. The Kier molecular flexibility index (Phi) is 3.74. The normalized spacial score (nSPS) is 10.6. The highest BCUT2D eigenvalue weighted by atomic mass is 19.1.